The minimum atomic E-state index is -0.758. The molecule has 1 fully saturated rings. The van der Waals surface area contributed by atoms with Crippen LogP contribution in [0.15, 0.2) is 21.7 Å². The smallest absolute Gasteiger partial charge is 0.433 e. The summed E-state index contributed by atoms with van der Waals surface area (Å²) in [7, 11) is 0. The van der Waals surface area contributed by atoms with Gasteiger partial charge in [0.25, 0.3) is 0 Å². The van der Waals surface area contributed by atoms with Crippen LogP contribution in [0.3, 0.4) is 0 Å². The highest BCUT2D eigenvalue weighted by molar-refractivity contribution is 6.34. The normalized spacial score (nSPS) is 15.1. The third kappa shape index (κ3) is 2.34. The summed E-state index contributed by atoms with van der Waals surface area (Å²) < 4.78 is 9.26. The van der Waals surface area contributed by atoms with Crippen molar-refractivity contribution in [3.63, 3.8) is 0 Å². The largest absolute Gasteiger partial charge is 0.446 e. The van der Waals surface area contributed by atoms with Gasteiger partial charge in [0.1, 0.15) is 11.5 Å². The molecule has 9 nitrogen and oxygen atoms in total. The molecule has 0 aromatic carbocycles. The second-order valence-corrected chi connectivity index (χ2v) is 3.24. The summed E-state index contributed by atoms with van der Waals surface area (Å²) in [4.78, 5) is 32.1. The van der Waals surface area contributed by atoms with Gasteiger partial charge in [-0.1, -0.05) is 0 Å². The third-order valence-electron chi connectivity index (χ3n) is 2.07. The topological polar surface area (TPSA) is 115 Å². The number of hydrogen-bond acceptors (Lipinski definition) is 7. The monoisotopic (exact) mass is 253 g/mol. The molecule has 0 bridgehead atoms. The number of ketones is 1. The summed E-state index contributed by atoms with van der Waals surface area (Å²) in [6.07, 6.45) is 0.194. The molecule has 1 saturated heterocycles. The zero-order valence-corrected chi connectivity index (χ0v) is 8.94. The molecule has 18 heavy (non-hydrogen) atoms. The number of carbonyl (C=O) groups is 2. The Hall–Kier alpha value is -2.71. The number of amides is 1. The standard InChI is InChI=1S/C9H7N3O6/c13-6(5-10-11-3-4-17-9(11)14)7-1-2-8(18-7)12(15)16/h1-2,5H,3-4H2/b10-5+. The van der Waals surface area contributed by atoms with E-state index in [-0.39, 0.29) is 18.9 Å². The van der Waals surface area contributed by atoms with E-state index in [1.165, 1.54) is 0 Å². The Labute approximate surface area is 99.8 Å². The Balaban J connectivity index is 2.04. The van der Waals surface area contributed by atoms with E-state index < -0.39 is 22.7 Å². The van der Waals surface area contributed by atoms with Gasteiger partial charge in [-0.2, -0.15) is 10.1 Å². The summed E-state index contributed by atoms with van der Waals surface area (Å²) in [5.74, 6) is -1.44. The Kier molecular flexibility index (Phi) is 3.04. The lowest BCUT2D eigenvalue weighted by Crippen LogP contribution is -2.18. The highest BCUT2D eigenvalue weighted by Gasteiger charge is 2.22. The van der Waals surface area contributed by atoms with Crippen LogP contribution in [0.1, 0.15) is 10.6 Å². The van der Waals surface area contributed by atoms with Crippen molar-refractivity contribution in [1.82, 2.24) is 5.01 Å². The molecule has 1 aliphatic heterocycles. The van der Waals surface area contributed by atoms with Gasteiger partial charge in [-0.05, 0) is 6.07 Å². The SMILES string of the molecule is O=C(/C=N/N1CCOC1=O)c1ccc([N+](=O)[O-])o1. The van der Waals surface area contributed by atoms with Gasteiger partial charge in [-0.25, -0.2) is 4.79 Å². The van der Waals surface area contributed by atoms with Crippen LogP contribution in [-0.2, 0) is 4.74 Å². The quantitative estimate of drug-likeness (QED) is 0.339. The fourth-order valence-electron chi connectivity index (χ4n) is 1.23. The first-order valence-electron chi connectivity index (χ1n) is 4.85. The lowest BCUT2D eigenvalue weighted by atomic mass is 10.3. The van der Waals surface area contributed by atoms with E-state index in [4.69, 9.17) is 0 Å². The summed E-state index contributed by atoms with van der Waals surface area (Å²) >= 11 is 0. The molecule has 0 radical (unpaired) electrons. The van der Waals surface area contributed by atoms with Crippen molar-refractivity contribution in [1.29, 1.82) is 0 Å². The van der Waals surface area contributed by atoms with Gasteiger partial charge in [-0.15, -0.1) is 0 Å². The number of nitro groups is 1. The predicted octanol–water partition coefficient (Wildman–Crippen LogP) is 0.808. The van der Waals surface area contributed by atoms with E-state index in [9.17, 15) is 19.7 Å². The average Bonchev–Trinajstić information content (AvgIpc) is 2.94. The van der Waals surface area contributed by atoms with Crippen LogP contribution in [0.25, 0.3) is 0 Å². The van der Waals surface area contributed by atoms with E-state index >= 15 is 0 Å². The van der Waals surface area contributed by atoms with Crippen LogP contribution >= 0.6 is 0 Å². The lowest BCUT2D eigenvalue weighted by molar-refractivity contribution is -0.402. The summed E-state index contributed by atoms with van der Waals surface area (Å²) in [5, 5.41) is 14.9. The fraction of sp³-hybridized carbons (Fsp3) is 0.222. The van der Waals surface area contributed by atoms with Crippen LogP contribution < -0.4 is 0 Å². The van der Waals surface area contributed by atoms with E-state index in [0.717, 1.165) is 23.4 Å². The molecule has 94 valence electrons. The lowest BCUT2D eigenvalue weighted by Gasteiger charge is -2.02. The highest BCUT2D eigenvalue weighted by Crippen LogP contribution is 2.15. The van der Waals surface area contributed by atoms with E-state index in [0.29, 0.717) is 0 Å². The third-order valence-corrected chi connectivity index (χ3v) is 2.07. The molecule has 0 atom stereocenters. The van der Waals surface area contributed by atoms with Crippen LogP contribution in [0.5, 0.6) is 0 Å². The Bertz CT molecular complexity index is 534. The number of nitrogens with zero attached hydrogens (tertiary/aromatic N) is 3. The van der Waals surface area contributed by atoms with Crippen molar-refractivity contribution in [2.45, 2.75) is 0 Å². The van der Waals surface area contributed by atoms with Gasteiger partial charge in [0, 0.05) is 0 Å². The van der Waals surface area contributed by atoms with Crippen molar-refractivity contribution in [3.05, 3.63) is 28.0 Å². The number of hydrogen-bond donors (Lipinski definition) is 0. The van der Waals surface area contributed by atoms with Gasteiger partial charge < -0.3 is 9.15 Å². The second kappa shape index (κ2) is 4.65. The maximum Gasteiger partial charge on any atom is 0.433 e. The Morgan fingerprint density at radius 2 is 2.33 bits per heavy atom. The molecule has 1 aliphatic rings. The molecule has 0 saturated carbocycles. The molecule has 0 N–H and O–H groups in total. The highest BCUT2D eigenvalue weighted by atomic mass is 16.6. The molecular weight excluding hydrogens is 246 g/mol. The summed E-state index contributed by atoms with van der Waals surface area (Å²) in [6, 6.07) is 2.22. The molecule has 0 spiro atoms. The van der Waals surface area contributed by atoms with Crippen molar-refractivity contribution in [2.75, 3.05) is 13.2 Å². The van der Waals surface area contributed by atoms with Gasteiger partial charge in [0.15, 0.2) is 5.76 Å². The van der Waals surface area contributed by atoms with Crippen LogP contribution in [0.2, 0.25) is 0 Å². The maximum atomic E-state index is 11.5. The van der Waals surface area contributed by atoms with Gasteiger partial charge >= 0.3 is 12.0 Å². The number of rotatable bonds is 4. The second-order valence-electron chi connectivity index (χ2n) is 3.24. The van der Waals surface area contributed by atoms with Crippen molar-refractivity contribution in [3.8, 4) is 0 Å². The minimum Gasteiger partial charge on any atom is -0.446 e. The molecule has 1 aromatic rings. The molecule has 2 heterocycles. The zero-order valence-electron chi connectivity index (χ0n) is 8.94. The summed E-state index contributed by atoms with van der Waals surface area (Å²) in [6.45, 7) is 0.456. The molecule has 0 aliphatic carbocycles. The predicted molar refractivity (Wildman–Crippen MR) is 56.2 cm³/mol. The number of hydrazone groups is 1. The number of carbonyl (C=O) groups excluding carboxylic acids is 2. The van der Waals surface area contributed by atoms with E-state index in [1.807, 2.05) is 0 Å². The first kappa shape index (κ1) is 11.8. The molecule has 2 rings (SSSR count). The summed E-state index contributed by atoms with van der Waals surface area (Å²) in [5.41, 5.74) is 0. The number of Topliss-reactive ketones (excluding diaryl/α,β-unsaturated/α-hetero) is 1. The van der Waals surface area contributed by atoms with Gasteiger partial charge in [0.2, 0.25) is 5.78 Å². The van der Waals surface area contributed by atoms with Crippen LogP contribution in [0, 0.1) is 10.1 Å². The first-order valence-corrected chi connectivity index (χ1v) is 4.85. The van der Waals surface area contributed by atoms with Crippen molar-refractivity contribution in [2.24, 2.45) is 5.10 Å². The maximum absolute atomic E-state index is 11.5. The number of cyclic esters (lactones) is 1. The van der Waals surface area contributed by atoms with Crippen LogP contribution in [0.4, 0.5) is 10.7 Å². The van der Waals surface area contributed by atoms with Gasteiger partial charge in [0.05, 0.1) is 18.8 Å². The minimum absolute atomic E-state index is 0.205. The molecule has 9 heteroatoms. The Morgan fingerprint density at radius 1 is 1.56 bits per heavy atom. The van der Waals surface area contributed by atoms with Gasteiger partial charge in [-0.3, -0.25) is 14.9 Å². The molecule has 0 unspecified atom stereocenters. The van der Waals surface area contributed by atoms with Crippen LogP contribution in [-0.4, -0.2) is 41.2 Å². The number of ether oxygens (including phenoxy) is 1. The van der Waals surface area contributed by atoms with E-state index in [1.54, 1.807) is 0 Å². The first-order chi connectivity index (χ1) is 8.58. The van der Waals surface area contributed by atoms with Crippen molar-refractivity contribution >= 4 is 24.0 Å². The van der Waals surface area contributed by atoms with E-state index in [2.05, 4.69) is 14.3 Å². The van der Waals surface area contributed by atoms with Crippen molar-refractivity contribution < 1.29 is 23.7 Å². The average molecular weight is 253 g/mol. The zero-order chi connectivity index (χ0) is 13.1. The molecular formula is C9H7N3O6. The number of furan rings is 1. The molecule has 1 amide bonds. The molecule has 1 aromatic heterocycles. The Morgan fingerprint density at radius 3 is 2.89 bits per heavy atom. The fourth-order valence-corrected chi connectivity index (χ4v) is 1.23.